The highest BCUT2D eigenvalue weighted by atomic mass is 32.1. The highest BCUT2D eigenvalue weighted by Crippen LogP contribution is 2.41. The minimum absolute atomic E-state index is 0.176. The van der Waals surface area contributed by atoms with E-state index in [1.807, 2.05) is 37.3 Å². The van der Waals surface area contributed by atoms with Crippen molar-refractivity contribution in [2.45, 2.75) is 33.1 Å². The Hall–Kier alpha value is -2.66. The topological polar surface area (TPSA) is 58.9 Å². The quantitative estimate of drug-likeness (QED) is 0.460. The number of carbonyl (C=O) groups is 1. The van der Waals surface area contributed by atoms with E-state index in [0.29, 0.717) is 28.7 Å². The van der Waals surface area contributed by atoms with Gasteiger partial charge in [-0.25, -0.2) is 9.79 Å². The van der Waals surface area contributed by atoms with E-state index >= 15 is 0 Å². The molecular weight excluding hydrogens is 370 g/mol. The van der Waals surface area contributed by atoms with Gasteiger partial charge in [0.2, 0.25) is 0 Å². The van der Waals surface area contributed by atoms with Crippen molar-refractivity contribution in [3.05, 3.63) is 58.0 Å². The van der Waals surface area contributed by atoms with E-state index < -0.39 is 0 Å². The number of aromatic hydroxyl groups is 1. The van der Waals surface area contributed by atoms with Crippen LogP contribution >= 0.6 is 11.3 Å². The number of phenolic OH excluding ortho intramolecular Hbond substituents is 1. The molecule has 4 nitrogen and oxygen atoms in total. The second kappa shape index (κ2) is 7.76. The third-order valence-electron chi connectivity index (χ3n) is 5.23. The van der Waals surface area contributed by atoms with E-state index in [2.05, 4.69) is 11.9 Å². The number of carbonyl (C=O) groups excluding carboxylic acids is 1. The van der Waals surface area contributed by atoms with Gasteiger partial charge in [0.1, 0.15) is 10.8 Å². The van der Waals surface area contributed by atoms with Crippen LogP contribution in [0.1, 0.15) is 46.6 Å². The molecule has 1 aliphatic rings. The summed E-state index contributed by atoms with van der Waals surface area (Å²) in [6.45, 7) is 4.40. The molecule has 0 saturated carbocycles. The van der Waals surface area contributed by atoms with Gasteiger partial charge >= 0.3 is 5.97 Å². The average Bonchev–Trinajstić information content (AvgIpc) is 3.04. The first-order valence-electron chi connectivity index (χ1n) is 9.65. The number of ether oxygens (including phenoxy) is 1. The summed E-state index contributed by atoms with van der Waals surface area (Å²) >= 11 is 1.57. The molecule has 2 aromatic carbocycles. The summed E-state index contributed by atoms with van der Waals surface area (Å²) < 4.78 is 5.31. The van der Waals surface area contributed by atoms with Crippen molar-refractivity contribution in [1.82, 2.24) is 0 Å². The van der Waals surface area contributed by atoms with Gasteiger partial charge in [-0.2, -0.15) is 0 Å². The van der Waals surface area contributed by atoms with Crippen molar-refractivity contribution in [3.63, 3.8) is 0 Å². The van der Waals surface area contributed by atoms with Gasteiger partial charge in [0.25, 0.3) is 0 Å². The van der Waals surface area contributed by atoms with Crippen LogP contribution in [0.3, 0.4) is 0 Å². The van der Waals surface area contributed by atoms with Crippen molar-refractivity contribution in [2.24, 2.45) is 10.9 Å². The maximum absolute atomic E-state index is 12.6. The van der Waals surface area contributed by atoms with Crippen LogP contribution in [0, 0.1) is 5.92 Å². The number of aliphatic imine (C=N–C) groups is 1. The maximum atomic E-state index is 12.6. The lowest BCUT2D eigenvalue weighted by molar-refractivity contribution is 0.0526. The number of esters is 1. The maximum Gasteiger partial charge on any atom is 0.341 e. The summed E-state index contributed by atoms with van der Waals surface area (Å²) in [7, 11) is 0. The molecule has 1 aromatic heterocycles. The summed E-state index contributed by atoms with van der Waals surface area (Å²) in [5.74, 6) is 0.485. The molecule has 5 heteroatoms. The van der Waals surface area contributed by atoms with E-state index in [0.717, 1.165) is 35.6 Å². The number of thiophene rings is 1. The molecule has 0 fully saturated rings. The molecule has 28 heavy (non-hydrogen) atoms. The number of hydrogen-bond acceptors (Lipinski definition) is 5. The van der Waals surface area contributed by atoms with E-state index in [1.165, 1.54) is 4.88 Å². The van der Waals surface area contributed by atoms with E-state index in [1.54, 1.807) is 23.6 Å². The predicted molar refractivity (Wildman–Crippen MR) is 114 cm³/mol. The molecule has 3 aromatic rings. The van der Waals surface area contributed by atoms with Crippen LogP contribution in [0.2, 0.25) is 0 Å². The lowest BCUT2D eigenvalue weighted by Crippen LogP contribution is -2.13. The van der Waals surface area contributed by atoms with Gasteiger partial charge in [0.05, 0.1) is 12.2 Å². The molecule has 0 amide bonds. The molecular formula is C23H23NO3S. The molecule has 1 N–H and O–H groups in total. The van der Waals surface area contributed by atoms with Crippen LogP contribution in [0.15, 0.2) is 41.4 Å². The molecule has 1 heterocycles. The predicted octanol–water partition coefficient (Wildman–Crippen LogP) is 5.66. The van der Waals surface area contributed by atoms with Gasteiger partial charge in [0.15, 0.2) is 0 Å². The van der Waals surface area contributed by atoms with E-state index in [9.17, 15) is 9.90 Å². The molecule has 1 aliphatic carbocycles. The smallest absolute Gasteiger partial charge is 0.341 e. The summed E-state index contributed by atoms with van der Waals surface area (Å²) in [5, 5.41) is 13.0. The monoisotopic (exact) mass is 393 g/mol. The highest BCUT2D eigenvalue weighted by Gasteiger charge is 2.28. The molecule has 144 valence electrons. The van der Waals surface area contributed by atoms with Crippen molar-refractivity contribution >= 4 is 39.3 Å². The lowest BCUT2D eigenvalue weighted by atomic mass is 9.88. The number of fused-ring (bicyclic) bond motifs is 2. The largest absolute Gasteiger partial charge is 0.507 e. The molecule has 0 saturated heterocycles. The first-order valence-corrected chi connectivity index (χ1v) is 10.5. The minimum atomic E-state index is -0.302. The fourth-order valence-electron chi connectivity index (χ4n) is 3.78. The van der Waals surface area contributed by atoms with Crippen LogP contribution in [0.25, 0.3) is 10.8 Å². The molecule has 0 unspecified atom stereocenters. The standard InChI is InChI=1S/C23H23NO3S/c1-3-27-23(26)21-17-10-8-14(2)12-20(17)28-22(21)24-13-18-16-7-5-4-6-15(16)9-11-19(18)25/h4-7,9,11,13-14,25H,3,8,10,12H2,1-2H3/b24-13+/t14-/m1/s1. The number of nitrogens with zero attached hydrogens (tertiary/aromatic N) is 1. The lowest BCUT2D eigenvalue weighted by Gasteiger charge is -2.18. The molecule has 0 aliphatic heterocycles. The Balaban J connectivity index is 1.80. The normalized spacial score (nSPS) is 16.4. The number of rotatable bonds is 4. The zero-order valence-corrected chi connectivity index (χ0v) is 16.9. The number of phenols is 1. The Morgan fingerprint density at radius 1 is 1.32 bits per heavy atom. The first-order chi connectivity index (χ1) is 13.6. The molecule has 0 spiro atoms. The Morgan fingerprint density at radius 2 is 2.14 bits per heavy atom. The van der Waals surface area contributed by atoms with Crippen LogP contribution < -0.4 is 0 Å². The van der Waals surface area contributed by atoms with Gasteiger partial charge in [-0.3, -0.25) is 0 Å². The van der Waals surface area contributed by atoms with Crippen LogP contribution in [0.4, 0.5) is 5.00 Å². The Labute approximate surface area is 168 Å². The summed E-state index contributed by atoms with van der Waals surface area (Å²) in [5.41, 5.74) is 2.35. The zero-order valence-electron chi connectivity index (χ0n) is 16.1. The third kappa shape index (κ3) is 3.42. The van der Waals surface area contributed by atoms with Crippen molar-refractivity contribution in [1.29, 1.82) is 0 Å². The average molecular weight is 394 g/mol. The first kappa shape index (κ1) is 18.7. The van der Waals surface area contributed by atoms with Gasteiger partial charge in [-0.05, 0) is 54.5 Å². The minimum Gasteiger partial charge on any atom is -0.507 e. The number of benzene rings is 2. The number of hydrogen-bond donors (Lipinski definition) is 1. The zero-order chi connectivity index (χ0) is 19.7. The van der Waals surface area contributed by atoms with E-state index in [-0.39, 0.29) is 11.7 Å². The fraction of sp³-hybridized carbons (Fsp3) is 0.304. The van der Waals surface area contributed by atoms with Gasteiger partial charge < -0.3 is 9.84 Å². The van der Waals surface area contributed by atoms with Crippen molar-refractivity contribution < 1.29 is 14.6 Å². The SMILES string of the molecule is CCOC(=O)c1c(/N=C/c2c(O)ccc3ccccc23)sc2c1CC[C@@H](C)C2. The summed E-state index contributed by atoms with van der Waals surface area (Å²) in [6, 6.07) is 11.4. The molecule has 0 radical (unpaired) electrons. The van der Waals surface area contributed by atoms with Gasteiger partial charge in [-0.15, -0.1) is 11.3 Å². The summed E-state index contributed by atoms with van der Waals surface area (Å²) in [4.78, 5) is 18.5. The second-order valence-corrected chi connectivity index (χ2v) is 8.31. The second-order valence-electron chi connectivity index (χ2n) is 7.23. The highest BCUT2D eigenvalue weighted by molar-refractivity contribution is 7.16. The van der Waals surface area contributed by atoms with Crippen molar-refractivity contribution in [3.8, 4) is 5.75 Å². The Bertz CT molecular complexity index is 1070. The van der Waals surface area contributed by atoms with Crippen LogP contribution in [-0.2, 0) is 17.6 Å². The van der Waals surface area contributed by atoms with E-state index in [4.69, 9.17) is 4.74 Å². The van der Waals surface area contributed by atoms with Crippen LogP contribution in [-0.4, -0.2) is 23.9 Å². The molecule has 0 bridgehead atoms. The summed E-state index contributed by atoms with van der Waals surface area (Å²) in [6.07, 6.45) is 4.60. The Morgan fingerprint density at radius 3 is 2.96 bits per heavy atom. The molecule has 1 atom stereocenters. The van der Waals surface area contributed by atoms with Gasteiger partial charge in [-0.1, -0.05) is 37.3 Å². The fourth-order valence-corrected chi connectivity index (χ4v) is 5.13. The van der Waals surface area contributed by atoms with Gasteiger partial charge in [0, 0.05) is 16.7 Å². The Kier molecular flexibility index (Phi) is 5.18. The van der Waals surface area contributed by atoms with Crippen LogP contribution in [0.5, 0.6) is 5.75 Å². The third-order valence-corrected chi connectivity index (χ3v) is 6.39. The molecule has 4 rings (SSSR count). The van der Waals surface area contributed by atoms with Crippen molar-refractivity contribution in [2.75, 3.05) is 6.61 Å².